The predicted octanol–water partition coefficient (Wildman–Crippen LogP) is 1.34. The van der Waals surface area contributed by atoms with E-state index in [-0.39, 0.29) is 17.2 Å². The van der Waals surface area contributed by atoms with E-state index in [0.717, 1.165) is 37.6 Å². The van der Waals surface area contributed by atoms with Crippen LogP contribution in [0.25, 0.3) is 6.08 Å². The Morgan fingerprint density at radius 2 is 1.88 bits per heavy atom. The summed E-state index contributed by atoms with van der Waals surface area (Å²) in [6, 6.07) is 7.75. The van der Waals surface area contributed by atoms with Gasteiger partial charge in [-0.25, -0.2) is 0 Å². The minimum absolute atomic E-state index is 0.0644. The molecule has 0 saturated carbocycles. The number of hydrogen-bond donors (Lipinski definition) is 1. The molecule has 0 radical (unpaired) electrons. The highest BCUT2D eigenvalue weighted by Crippen LogP contribution is 2.19. The van der Waals surface area contributed by atoms with Crippen molar-refractivity contribution < 1.29 is 14.3 Å². The maximum Gasteiger partial charge on any atom is 0.265 e. The number of ether oxygens (including phenoxy) is 1. The normalized spacial score (nSPS) is 20.0. The number of carbonyl (C=O) groups is 2. The molecule has 2 saturated heterocycles. The summed E-state index contributed by atoms with van der Waals surface area (Å²) in [5, 5.41) is 2.64. The van der Waals surface area contributed by atoms with Gasteiger partial charge in [0.25, 0.3) is 11.8 Å². The number of hydrogen-bond acceptors (Lipinski definition) is 5. The van der Waals surface area contributed by atoms with Gasteiger partial charge in [-0.3, -0.25) is 19.8 Å². The van der Waals surface area contributed by atoms with Gasteiger partial charge < -0.3 is 9.64 Å². The largest absolute Gasteiger partial charge is 0.378 e. The van der Waals surface area contributed by atoms with E-state index in [1.165, 1.54) is 4.90 Å². The minimum atomic E-state index is -0.479. The Balaban J connectivity index is 1.81. The van der Waals surface area contributed by atoms with Crippen molar-refractivity contribution in [3.05, 3.63) is 48.1 Å². The van der Waals surface area contributed by atoms with Gasteiger partial charge in [0, 0.05) is 25.3 Å². The third kappa shape index (κ3) is 3.78. The van der Waals surface area contributed by atoms with Gasteiger partial charge in [-0.05, 0) is 36.0 Å². The summed E-state index contributed by atoms with van der Waals surface area (Å²) in [6.07, 6.45) is 3.15. The van der Waals surface area contributed by atoms with Crippen LogP contribution < -0.4 is 10.2 Å². The van der Waals surface area contributed by atoms with Crippen LogP contribution in [0.3, 0.4) is 0 Å². The lowest BCUT2D eigenvalue weighted by molar-refractivity contribution is -0.128. The molecule has 1 aromatic rings. The zero-order valence-electron chi connectivity index (χ0n) is 13.7. The zero-order valence-corrected chi connectivity index (χ0v) is 14.6. The molecule has 0 aliphatic carbocycles. The van der Waals surface area contributed by atoms with Crippen molar-refractivity contribution in [3.8, 4) is 0 Å². The van der Waals surface area contributed by atoms with E-state index in [9.17, 15) is 9.59 Å². The number of rotatable bonds is 4. The highest BCUT2D eigenvalue weighted by Gasteiger charge is 2.32. The van der Waals surface area contributed by atoms with Crippen molar-refractivity contribution in [2.45, 2.75) is 0 Å². The molecule has 0 atom stereocenters. The Morgan fingerprint density at radius 3 is 2.52 bits per heavy atom. The molecule has 6 nitrogen and oxygen atoms in total. The molecule has 25 heavy (non-hydrogen) atoms. The topological polar surface area (TPSA) is 61.9 Å². The average Bonchev–Trinajstić information content (AvgIpc) is 2.63. The van der Waals surface area contributed by atoms with E-state index in [1.807, 2.05) is 24.3 Å². The van der Waals surface area contributed by atoms with Crippen LogP contribution in [0.4, 0.5) is 5.69 Å². The molecule has 2 aliphatic rings. The molecule has 1 aromatic carbocycles. The summed E-state index contributed by atoms with van der Waals surface area (Å²) in [4.78, 5) is 28.2. The molecule has 2 heterocycles. The fraction of sp³-hybridized carbons (Fsp3) is 0.278. The first-order valence-corrected chi connectivity index (χ1v) is 8.43. The molecule has 2 fully saturated rings. The molecule has 0 aromatic heterocycles. The molecular weight excluding hydrogens is 338 g/mol. The van der Waals surface area contributed by atoms with Crippen molar-refractivity contribution in [2.75, 3.05) is 37.7 Å². The summed E-state index contributed by atoms with van der Waals surface area (Å²) in [5.41, 5.74) is 1.94. The van der Waals surface area contributed by atoms with E-state index < -0.39 is 11.8 Å². The second kappa shape index (κ2) is 7.58. The molecule has 7 heteroatoms. The third-order valence-electron chi connectivity index (χ3n) is 4.08. The Labute approximate surface area is 151 Å². The van der Waals surface area contributed by atoms with E-state index in [2.05, 4.69) is 16.8 Å². The van der Waals surface area contributed by atoms with Crippen LogP contribution in [-0.2, 0) is 14.3 Å². The number of benzene rings is 1. The first kappa shape index (κ1) is 17.3. The smallest absolute Gasteiger partial charge is 0.265 e. The molecule has 130 valence electrons. The average molecular weight is 357 g/mol. The van der Waals surface area contributed by atoms with Crippen LogP contribution in [0.2, 0.25) is 0 Å². The quantitative estimate of drug-likeness (QED) is 0.381. The van der Waals surface area contributed by atoms with Gasteiger partial charge in [-0.1, -0.05) is 18.2 Å². The van der Waals surface area contributed by atoms with Gasteiger partial charge in [0.05, 0.1) is 13.2 Å². The van der Waals surface area contributed by atoms with E-state index >= 15 is 0 Å². The van der Waals surface area contributed by atoms with Crippen molar-refractivity contribution in [3.63, 3.8) is 0 Å². The summed E-state index contributed by atoms with van der Waals surface area (Å²) in [5.74, 6) is -0.890. The molecule has 1 N–H and O–H groups in total. The second-order valence-corrected chi connectivity index (χ2v) is 6.10. The highest BCUT2D eigenvalue weighted by atomic mass is 32.1. The highest BCUT2D eigenvalue weighted by molar-refractivity contribution is 7.80. The number of carbonyl (C=O) groups excluding carboxylic acids is 2. The van der Waals surface area contributed by atoms with E-state index in [4.69, 9.17) is 17.0 Å². The molecule has 3 rings (SSSR count). The third-order valence-corrected chi connectivity index (χ3v) is 4.40. The number of nitrogens with zero attached hydrogens (tertiary/aromatic N) is 2. The molecule has 2 aliphatic heterocycles. The fourth-order valence-corrected chi connectivity index (χ4v) is 3.01. The lowest BCUT2D eigenvalue weighted by Gasteiger charge is -2.29. The second-order valence-electron chi connectivity index (χ2n) is 5.71. The Kier molecular flexibility index (Phi) is 5.25. The fourth-order valence-electron chi connectivity index (χ4n) is 2.76. The number of anilines is 1. The van der Waals surface area contributed by atoms with Gasteiger partial charge in [0.15, 0.2) is 5.11 Å². The molecule has 0 bridgehead atoms. The monoisotopic (exact) mass is 357 g/mol. The summed E-state index contributed by atoms with van der Waals surface area (Å²) in [6.45, 7) is 7.02. The standard InChI is InChI=1S/C18H19N3O3S/c1-2-7-21-17(23)15(16(22)19-18(21)25)12-13-3-5-14(6-4-13)20-8-10-24-11-9-20/h2-6,12H,1,7-11H2,(H,19,22,25)/b15-12-. The number of nitrogens with one attached hydrogen (secondary N) is 1. The van der Waals surface area contributed by atoms with Crippen molar-refractivity contribution >= 4 is 40.9 Å². The first-order valence-electron chi connectivity index (χ1n) is 8.02. The molecular formula is C18H19N3O3S. The maximum atomic E-state index is 12.5. The van der Waals surface area contributed by atoms with Crippen LogP contribution in [0.15, 0.2) is 42.5 Å². The molecule has 0 unspecified atom stereocenters. The Morgan fingerprint density at radius 1 is 1.20 bits per heavy atom. The van der Waals surface area contributed by atoms with Crippen LogP contribution in [0.5, 0.6) is 0 Å². The van der Waals surface area contributed by atoms with Crippen LogP contribution in [0.1, 0.15) is 5.56 Å². The number of amides is 2. The zero-order chi connectivity index (χ0) is 17.8. The van der Waals surface area contributed by atoms with E-state index in [0.29, 0.717) is 0 Å². The van der Waals surface area contributed by atoms with E-state index in [1.54, 1.807) is 12.2 Å². The van der Waals surface area contributed by atoms with Crippen molar-refractivity contribution in [1.82, 2.24) is 10.2 Å². The summed E-state index contributed by atoms with van der Waals surface area (Å²) >= 11 is 5.04. The van der Waals surface area contributed by atoms with Crippen LogP contribution in [-0.4, -0.2) is 54.7 Å². The lowest BCUT2D eigenvalue weighted by Crippen LogP contribution is -2.53. The SMILES string of the molecule is C=CCN1C(=O)/C(=C\c2ccc(N3CCOCC3)cc2)C(=O)NC1=S. The molecule has 0 spiro atoms. The first-order chi connectivity index (χ1) is 12.1. The van der Waals surface area contributed by atoms with Crippen molar-refractivity contribution in [2.24, 2.45) is 0 Å². The van der Waals surface area contributed by atoms with Gasteiger partial charge in [0.1, 0.15) is 5.57 Å². The number of morpholine rings is 1. The Hall–Kier alpha value is -2.51. The van der Waals surface area contributed by atoms with Crippen molar-refractivity contribution in [1.29, 1.82) is 0 Å². The van der Waals surface area contributed by atoms with Gasteiger partial charge in [0.2, 0.25) is 0 Å². The van der Waals surface area contributed by atoms with Crippen LogP contribution >= 0.6 is 12.2 Å². The summed E-state index contributed by atoms with van der Waals surface area (Å²) < 4.78 is 5.35. The van der Waals surface area contributed by atoms with Crippen LogP contribution in [0, 0.1) is 0 Å². The summed E-state index contributed by atoms with van der Waals surface area (Å²) in [7, 11) is 0. The predicted molar refractivity (Wildman–Crippen MR) is 100 cm³/mol. The van der Waals surface area contributed by atoms with Gasteiger partial charge in [-0.15, -0.1) is 6.58 Å². The minimum Gasteiger partial charge on any atom is -0.378 e. The van der Waals surface area contributed by atoms with Gasteiger partial charge >= 0.3 is 0 Å². The number of thiocarbonyl (C=S) groups is 1. The maximum absolute atomic E-state index is 12.5. The van der Waals surface area contributed by atoms with Gasteiger partial charge in [-0.2, -0.15) is 0 Å². The lowest BCUT2D eigenvalue weighted by atomic mass is 10.1. The molecule has 2 amide bonds. The Bertz CT molecular complexity index is 736.